The molecule has 1 saturated carbocycles. The van der Waals surface area contributed by atoms with Crippen molar-refractivity contribution in [1.29, 1.82) is 0 Å². The van der Waals surface area contributed by atoms with Gasteiger partial charge in [-0.2, -0.15) is 0 Å². The Kier molecular flexibility index (Phi) is 4.34. The first-order valence-corrected chi connectivity index (χ1v) is 7.58. The number of furan rings is 1. The Morgan fingerprint density at radius 2 is 2.10 bits per heavy atom. The summed E-state index contributed by atoms with van der Waals surface area (Å²) in [6, 6.07) is 5.83. The standard InChI is InChI=1S/C17H20N2O2/c20-17(14-4-2-1-3-5-14)19-11-13-6-7-16(18-10-13)15-8-9-21-12-15/h6-10,12,14H,1-5,11H2,(H,19,20). The van der Waals surface area contributed by atoms with Gasteiger partial charge in [0.1, 0.15) is 0 Å². The van der Waals surface area contributed by atoms with E-state index in [0.29, 0.717) is 6.54 Å². The van der Waals surface area contributed by atoms with E-state index >= 15 is 0 Å². The third-order valence-electron chi connectivity index (χ3n) is 4.08. The quantitative estimate of drug-likeness (QED) is 0.934. The Morgan fingerprint density at radius 3 is 2.76 bits per heavy atom. The summed E-state index contributed by atoms with van der Waals surface area (Å²) in [5, 5.41) is 3.03. The Bertz CT molecular complexity index is 569. The van der Waals surface area contributed by atoms with Crippen molar-refractivity contribution < 1.29 is 9.21 Å². The molecule has 0 radical (unpaired) electrons. The van der Waals surface area contributed by atoms with Gasteiger partial charge in [0.2, 0.25) is 5.91 Å². The monoisotopic (exact) mass is 284 g/mol. The first-order valence-electron chi connectivity index (χ1n) is 7.58. The molecule has 1 N–H and O–H groups in total. The van der Waals surface area contributed by atoms with Crippen molar-refractivity contribution >= 4 is 5.91 Å². The highest BCUT2D eigenvalue weighted by molar-refractivity contribution is 5.78. The van der Waals surface area contributed by atoms with E-state index in [0.717, 1.165) is 29.7 Å². The van der Waals surface area contributed by atoms with E-state index in [2.05, 4.69) is 10.3 Å². The van der Waals surface area contributed by atoms with E-state index in [1.54, 1.807) is 12.5 Å². The molecule has 1 amide bonds. The van der Waals surface area contributed by atoms with Crippen molar-refractivity contribution in [2.75, 3.05) is 0 Å². The second kappa shape index (κ2) is 6.57. The van der Waals surface area contributed by atoms with Gasteiger partial charge in [-0.05, 0) is 30.5 Å². The van der Waals surface area contributed by atoms with Crippen LogP contribution in [0.2, 0.25) is 0 Å². The highest BCUT2D eigenvalue weighted by Crippen LogP contribution is 2.23. The molecule has 2 heterocycles. The number of pyridine rings is 1. The Hall–Kier alpha value is -2.10. The fourth-order valence-electron chi connectivity index (χ4n) is 2.81. The fourth-order valence-corrected chi connectivity index (χ4v) is 2.81. The van der Waals surface area contributed by atoms with Crippen molar-refractivity contribution in [3.05, 3.63) is 42.5 Å². The largest absolute Gasteiger partial charge is 0.472 e. The lowest BCUT2D eigenvalue weighted by Crippen LogP contribution is -2.31. The summed E-state index contributed by atoms with van der Waals surface area (Å²) in [5.41, 5.74) is 2.87. The van der Waals surface area contributed by atoms with Gasteiger partial charge >= 0.3 is 0 Å². The van der Waals surface area contributed by atoms with Gasteiger partial charge in [0.25, 0.3) is 0 Å². The summed E-state index contributed by atoms with van der Waals surface area (Å²) in [5.74, 6) is 0.394. The maximum absolute atomic E-state index is 12.1. The molecule has 0 saturated heterocycles. The molecule has 1 aliphatic rings. The van der Waals surface area contributed by atoms with Gasteiger partial charge in [-0.15, -0.1) is 0 Å². The van der Waals surface area contributed by atoms with Gasteiger partial charge in [-0.3, -0.25) is 9.78 Å². The molecule has 2 aromatic heterocycles. The van der Waals surface area contributed by atoms with Crippen LogP contribution in [-0.4, -0.2) is 10.9 Å². The third-order valence-corrected chi connectivity index (χ3v) is 4.08. The summed E-state index contributed by atoms with van der Waals surface area (Å²) in [6.45, 7) is 0.550. The number of hydrogen-bond acceptors (Lipinski definition) is 3. The maximum atomic E-state index is 12.1. The Labute approximate surface area is 124 Å². The van der Waals surface area contributed by atoms with E-state index in [9.17, 15) is 4.79 Å². The van der Waals surface area contributed by atoms with E-state index in [1.807, 2.05) is 24.4 Å². The van der Waals surface area contributed by atoms with E-state index < -0.39 is 0 Å². The molecular formula is C17H20N2O2. The number of amides is 1. The van der Waals surface area contributed by atoms with Crippen LogP contribution >= 0.6 is 0 Å². The average molecular weight is 284 g/mol. The Morgan fingerprint density at radius 1 is 1.24 bits per heavy atom. The summed E-state index contributed by atoms with van der Waals surface area (Å²) in [4.78, 5) is 16.5. The Balaban J connectivity index is 1.54. The second-order valence-corrected chi connectivity index (χ2v) is 5.62. The molecule has 0 bridgehead atoms. The highest BCUT2D eigenvalue weighted by atomic mass is 16.3. The summed E-state index contributed by atoms with van der Waals surface area (Å²) in [7, 11) is 0. The van der Waals surface area contributed by atoms with Crippen LogP contribution < -0.4 is 5.32 Å². The molecule has 3 rings (SSSR count). The van der Waals surface area contributed by atoms with Crippen LogP contribution in [0, 0.1) is 5.92 Å². The number of carbonyl (C=O) groups is 1. The van der Waals surface area contributed by atoms with Crippen molar-refractivity contribution in [2.45, 2.75) is 38.6 Å². The van der Waals surface area contributed by atoms with Crippen molar-refractivity contribution in [2.24, 2.45) is 5.92 Å². The minimum Gasteiger partial charge on any atom is -0.472 e. The van der Waals surface area contributed by atoms with E-state index in [1.165, 1.54) is 19.3 Å². The lowest BCUT2D eigenvalue weighted by atomic mass is 9.88. The minimum absolute atomic E-state index is 0.189. The first-order chi connectivity index (χ1) is 10.3. The summed E-state index contributed by atoms with van der Waals surface area (Å²) in [6.07, 6.45) is 10.8. The van der Waals surface area contributed by atoms with Crippen LogP contribution in [0.3, 0.4) is 0 Å². The summed E-state index contributed by atoms with van der Waals surface area (Å²) >= 11 is 0. The SMILES string of the molecule is O=C(NCc1ccc(-c2ccoc2)nc1)C1CCCCC1. The average Bonchev–Trinajstić information content (AvgIpc) is 3.08. The molecule has 4 nitrogen and oxygen atoms in total. The zero-order valence-electron chi connectivity index (χ0n) is 12.0. The second-order valence-electron chi connectivity index (χ2n) is 5.62. The number of rotatable bonds is 4. The molecule has 0 aromatic carbocycles. The molecular weight excluding hydrogens is 264 g/mol. The first kappa shape index (κ1) is 13.9. The fraction of sp³-hybridized carbons (Fsp3) is 0.412. The van der Waals surface area contributed by atoms with Crippen LogP contribution in [0.25, 0.3) is 11.3 Å². The highest BCUT2D eigenvalue weighted by Gasteiger charge is 2.20. The molecule has 2 aromatic rings. The van der Waals surface area contributed by atoms with Gasteiger partial charge in [0.15, 0.2) is 0 Å². The van der Waals surface area contributed by atoms with Gasteiger partial charge in [0, 0.05) is 24.2 Å². The molecule has 21 heavy (non-hydrogen) atoms. The number of aromatic nitrogens is 1. The minimum atomic E-state index is 0.189. The van der Waals surface area contributed by atoms with Gasteiger partial charge in [-0.25, -0.2) is 0 Å². The van der Waals surface area contributed by atoms with E-state index in [-0.39, 0.29) is 11.8 Å². The number of nitrogens with one attached hydrogen (secondary N) is 1. The van der Waals surface area contributed by atoms with Crippen molar-refractivity contribution in [1.82, 2.24) is 10.3 Å². The van der Waals surface area contributed by atoms with Crippen LogP contribution in [0.15, 0.2) is 41.3 Å². The predicted molar refractivity (Wildman–Crippen MR) is 80.4 cm³/mol. The van der Waals surface area contributed by atoms with Crippen molar-refractivity contribution in [3.63, 3.8) is 0 Å². The topological polar surface area (TPSA) is 55.1 Å². The maximum Gasteiger partial charge on any atom is 0.223 e. The van der Waals surface area contributed by atoms with Crippen LogP contribution in [-0.2, 0) is 11.3 Å². The molecule has 1 fully saturated rings. The molecule has 0 atom stereocenters. The zero-order chi connectivity index (χ0) is 14.5. The molecule has 0 spiro atoms. The predicted octanol–water partition coefficient (Wildman–Crippen LogP) is 3.54. The molecule has 4 heteroatoms. The van der Waals surface area contributed by atoms with Gasteiger partial charge < -0.3 is 9.73 Å². The van der Waals surface area contributed by atoms with Crippen LogP contribution in [0.1, 0.15) is 37.7 Å². The smallest absolute Gasteiger partial charge is 0.223 e. The van der Waals surface area contributed by atoms with Crippen molar-refractivity contribution in [3.8, 4) is 11.3 Å². The molecule has 110 valence electrons. The van der Waals surface area contributed by atoms with Gasteiger partial charge in [0.05, 0.1) is 18.2 Å². The molecule has 1 aliphatic carbocycles. The number of hydrogen-bond donors (Lipinski definition) is 1. The molecule has 0 aliphatic heterocycles. The van der Waals surface area contributed by atoms with Crippen LogP contribution in [0.4, 0.5) is 0 Å². The van der Waals surface area contributed by atoms with Crippen LogP contribution in [0.5, 0.6) is 0 Å². The lowest BCUT2D eigenvalue weighted by Gasteiger charge is -2.20. The number of nitrogens with zero attached hydrogens (tertiary/aromatic N) is 1. The molecule has 0 unspecified atom stereocenters. The lowest BCUT2D eigenvalue weighted by molar-refractivity contribution is -0.126. The summed E-state index contributed by atoms with van der Waals surface area (Å²) < 4.78 is 5.05. The zero-order valence-corrected chi connectivity index (χ0v) is 12.0. The van der Waals surface area contributed by atoms with E-state index in [4.69, 9.17) is 4.42 Å². The van der Waals surface area contributed by atoms with Gasteiger partial charge in [-0.1, -0.05) is 25.3 Å². The third kappa shape index (κ3) is 3.51. The normalized spacial score (nSPS) is 15.8. The number of carbonyl (C=O) groups excluding carboxylic acids is 1.